The first-order valence-electron chi connectivity index (χ1n) is 7.42. The molecule has 1 heterocycles. The molecular formula is C17H12ClF3N2O2S. The molecule has 0 aliphatic carbocycles. The number of rotatable bonds is 5. The lowest BCUT2D eigenvalue weighted by Crippen LogP contribution is -2.18. The van der Waals surface area contributed by atoms with E-state index < -0.39 is 22.7 Å². The van der Waals surface area contributed by atoms with Crippen molar-refractivity contribution in [1.29, 1.82) is 0 Å². The van der Waals surface area contributed by atoms with E-state index in [-0.39, 0.29) is 18.9 Å². The summed E-state index contributed by atoms with van der Waals surface area (Å²) in [6.07, 6.45) is -4.60. The Morgan fingerprint density at radius 2 is 2.00 bits per heavy atom. The number of hydrogen-bond acceptors (Lipinski definition) is 4. The number of fused-ring (bicyclic) bond motifs is 1. The van der Waals surface area contributed by atoms with Crippen LogP contribution < -0.4 is 5.32 Å². The molecule has 3 aromatic rings. The van der Waals surface area contributed by atoms with Gasteiger partial charge in [-0.15, -0.1) is 11.3 Å². The maximum Gasteiger partial charge on any atom is 0.417 e. The Hall–Kier alpha value is -2.16. The van der Waals surface area contributed by atoms with Gasteiger partial charge in [0.25, 0.3) is 0 Å². The van der Waals surface area contributed by atoms with Crippen LogP contribution in [0, 0.1) is 0 Å². The Morgan fingerprint density at radius 1 is 1.23 bits per heavy atom. The molecule has 1 N–H and O–H groups in total. The predicted octanol–water partition coefficient (Wildman–Crippen LogP) is 5.12. The summed E-state index contributed by atoms with van der Waals surface area (Å²) >= 11 is 6.99. The molecule has 2 aromatic carbocycles. The number of nitrogens with one attached hydrogen (secondary N) is 1. The van der Waals surface area contributed by atoms with Crippen molar-refractivity contribution < 1.29 is 22.7 Å². The molecule has 9 heteroatoms. The van der Waals surface area contributed by atoms with E-state index in [1.165, 1.54) is 17.4 Å². The first kappa shape index (κ1) is 18.6. The van der Waals surface area contributed by atoms with Crippen LogP contribution >= 0.6 is 22.9 Å². The van der Waals surface area contributed by atoms with E-state index in [9.17, 15) is 18.0 Å². The molecule has 0 spiro atoms. The smallest absolute Gasteiger partial charge is 0.364 e. The maximum absolute atomic E-state index is 12.8. The topological polar surface area (TPSA) is 51.2 Å². The molecule has 0 aliphatic heterocycles. The second-order valence-electron chi connectivity index (χ2n) is 5.31. The van der Waals surface area contributed by atoms with E-state index in [2.05, 4.69) is 10.3 Å². The lowest BCUT2D eigenvalue weighted by Gasteiger charge is -2.11. The number of anilines is 1. The molecule has 0 fully saturated rings. The van der Waals surface area contributed by atoms with Crippen molar-refractivity contribution in [3.63, 3.8) is 0 Å². The largest absolute Gasteiger partial charge is 0.417 e. The Bertz CT molecular complexity index is 910. The average Bonchev–Trinajstić information content (AvgIpc) is 2.98. The van der Waals surface area contributed by atoms with Crippen LogP contribution in [0.2, 0.25) is 5.02 Å². The lowest BCUT2D eigenvalue weighted by atomic mass is 10.2. The number of halogens is 4. The average molecular weight is 401 g/mol. The van der Waals surface area contributed by atoms with Gasteiger partial charge in [0.15, 0.2) is 0 Å². The standard InChI is InChI=1S/C17H12ClF3N2O2S/c18-12-6-5-10(7-11(12)17(19,20)21)22-15(24)8-25-9-16-23-13-3-1-2-4-14(13)26-16/h1-7H,8-9H2,(H,22,24). The van der Waals surface area contributed by atoms with Crippen molar-refractivity contribution in [3.05, 3.63) is 58.1 Å². The van der Waals surface area contributed by atoms with Gasteiger partial charge in [0.2, 0.25) is 5.91 Å². The van der Waals surface area contributed by atoms with Crippen molar-refractivity contribution in [1.82, 2.24) is 4.98 Å². The van der Waals surface area contributed by atoms with Gasteiger partial charge in [-0.25, -0.2) is 4.98 Å². The van der Waals surface area contributed by atoms with Crippen LogP contribution in [0.5, 0.6) is 0 Å². The SMILES string of the molecule is O=C(COCc1nc2ccccc2s1)Nc1ccc(Cl)c(C(F)(F)F)c1. The maximum atomic E-state index is 12.8. The summed E-state index contributed by atoms with van der Waals surface area (Å²) in [6.45, 7) is -0.166. The van der Waals surface area contributed by atoms with Gasteiger partial charge in [-0.2, -0.15) is 13.2 Å². The van der Waals surface area contributed by atoms with Gasteiger partial charge < -0.3 is 10.1 Å². The van der Waals surface area contributed by atoms with Crippen molar-refractivity contribution >= 4 is 44.7 Å². The molecule has 0 bridgehead atoms. The highest BCUT2D eigenvalue weighted by atomic mass is 35.5. The zero-order chi connectivity index (χ0) is 18.7. The Labute approximate surface area is 155 Å². The van der Waals surface area contributed by atoms with Crippen molar-refractivity contribution in [3.8, 4) is 0 Å². The van der Waals surface area contributed by atoms with E-state index in [0.717, 1.165) is 22.3 Å². The molecule has 0 aliphatic rings. The summed E-state index contributed by atoms with van der Waals surface area (Å²) in [5.41, 5.74) is -0.163. The Morgan fingerprint density at radius 3 is 2.73 bits per heavy atom. The van der Waals surface area contributed by atoms with Crippen molar-refractivity contribution in [2.45, 2.75) is 12.8 Å². The summed E-state index contributed by atoms with van der Waals surface area (Å²) in [4.78, 5) is 16.2. The van der Waals surface area contributed by atoms with Gasteiger partial charge in [-0.3, -0.25) is 4.79 Å². The van der Waals surface area contributed by atoms with Crippen LogP contribution in [0.15, 0.2) is 42.5 Å². The monoisotopic (exact) mass is 400 g/mol. The summed E-state index contributed by atoms with van der Waals surface area (Å²) in [7, 11) is 0. The third-order valence-electron chi connectivity index (χ3n) is 3.35. The summed E-state index contributed by atoms with van der Waals surface area (Å²) in [6, 6.07) is 10.8. The zero-order valence-corrected chi connectivity index (χ0v) is 14.7. The summed E-state index contributed by atoms with van der Waals surface area (Å²) in [5.74, 6) is -0.568. The third-order valence-corrected chi connectivity index (χ3v) is 4.69. The van der Waals surface area contributed by atoms with E-state index in [4.69, 9.17) is 16.3 Å². The highest BCUT2D eigenvalue weighted by Crippen LogP contribution is 2.36. The zero-order valence-electron chi connectivity index (χ0n) is 13.1. The first-order chi connectivity index (χ1) is 12.3. The fourth-order valence-corrected chi connectivity index (χ4v) is 3.36. The fraction of sp³-hybridized carbons (Fsp3) is 0.176. The number of aromatic nitrogens is 1. The number of thiazole rings is 1. The van der Waals surface area contributed by atoms with Crippen molar-refractivity contribution in [2.75, 3.05) is 11.9 Å². The molecule has 4 nitrogen and oxygen atoms in total. The number of carbonyl (C=O) groups is 1. The molecule has 1 aromatic heterocycles. The molecule has 26 heavy (non-hydrogen) atoms. The molecule has 0 unspecified atom stereocenters. The predicted molar refractivity (Wildman–Crippen MR) is 94.4 cm³/mol. The lowest BCUT2D eigenvalue weighted by molar-refractivity contribution is -0.137. The number of para-hydroxylation sites is 1. The van der Waals surface area contributed by atoms with Crippen LogP contribution in [-0.4, -0.2) is 17.5 Å². The minimum Gasteiger partial charge on any atom is -0.364 e. The highest BCUT2D eigenvalue weighted by Gasteiger charge is 2.33. The molecular weight excluding hydrogens is 389 g/mol. The quantitative estimate of drug-likeness (QED) is 0.646. The normalized spacial score (nSPS) is 11.7. The van der Waals surface area contributed by atoms with Crippen molar-refractivity contribution in [2.24, 2.45) is 0 Å². The van der Waals surface area contributed by atoms with Crippen LogP contribution in [0.3, 0.4) is 0 Å². The van der Waals surface area contributed by atoms with Crippen LogP contribution in [0.25, 0.3) is 10.2 Å². The Balaban J connectivity index is 1.56. The second-order valence-corrected chi connectivity index (χ2v) is 6.83. The number of amides is 1. The second kappa shape index (κ2) is 7.61. The highest BCUT2D eigenvalue weighted by molar-refractivity contribution is 7.18. The Kier molecular flexibility index (Phi) is 5.45. The van der Waals surface area contributed by atoms with E-state index in [1.807, 2.05) is 24.3 Å². The molecule has 0 saturated carbocycles. The number of alkyl halides is 3. The molecule has 1 amide bonds. The number of benzene rings is 2. The van der Waals surface area contributed by atoms with Gasteiger partial charge in [0.1, 0.15) is 11.6 Å². The van der Waals surface area contributed by atoms with Gasteiger partial charge in [0, 0.05) is 5.69 Å². The summed E-state index contributed by atoms with van der Waals surface area (Å²) in [5, 5.41) is 2.64. The van der Waals surface area contributed by atoms with Gasteiger partial charge >= 0.3 is 6.18 Å². The number of hydrogen-bond donors (Lipinski definition) is 1. The molecule has 3 rings (SSSR count). The van der Waals surface area contributed by atoms with Gasteiger partial charge in [-0.1, -0.05) is 23.7 Å². The van der Waals surface area contributed by atoms with Gasteiger partial charge in [-0.05, 0) is 30.3 Å². The first-order valence-corrected chi connectivity index (χ1v) is 8.61. The van der Waals surface area contributed by atoms with E-state index in [1.54, 1.807) is 0 Å². The number of nitrogens with zero attached hydrogens (tertiary/aromatic N) is 1. The fourth-order valence-electron chi connectivity index (χ4n) is 2.23. The third kappa shape index (κ3) is 4.51. The molecule has 0 radical (unpaired) electrons. The van der Waals surface area contributed by atoms with E-state index >= 15 is 0 Å². The molecule has 0 saturated heterocycles. The van der Waals surface area contributed by atoms with Crippen LogP contribution in [-0.2, 0) is 22.3 Å². The molecule has 136 valence electrons. The minimum absolute atomic E-state index is 0.00434. The van der Waals surface area contributed by atoms with Crippen LogP contribution in [0.4, 0.5) is 18.9 Å². The molecule has 0 atom stereocenters. The number of ether oxygens (including phenoxy) is 1. The number of carbonyl (C=O) groups excluding carboxylic acids is 1. The van der Waals surface area contributed by atoms with E-state index in [0.29, 0.717) is 5.01 Å². The van der Waals surface area contributed by atoms with Crippen LogP contribution in [0.1, 0.15) is 10.6 Å². The summed E-state index contributed by atoms with van der Waals surface area (Å²) < 4.78 is 44.8. The van der Waals surface area contributed by atoms with Gasteiger partial charge in [0.05, 0.1) is 27.4 Å². The minimum atomic E-state index is -4.60.